The van der Waals surface area contributed by atoms with Gasteiger partial charge in [0.1, 0.15) is 6.61 Å². The summed E-state index contributed by atoms with van der Waals surface area (Å²) in [6.07, 6.45) is 3.02. The highest BCUT2D eigenvalue weighted by Crippen LogP contribution is 2.27. The van der Waals surface area contributed by atoms with Gasteiger partial charge >= 0.3 is 6.09 Å². The first-order valence-electron chi connectivity index (χ1n) is 8.96. The maximum atomic E-state index is 12.8. The van der Waals surface area contributed by atoms with Gasteiger partial charge in [-0.1, -0.05) is 18.5 Å². The maximum Gasteiger partial charge on any atom is 0.410 e. The first kappa shape index (κ1) is 19.9. The summed E-state index contributed by atoms with van der Waals surface area (Å²) in [4.78, 5) is 28.4. The molecule has 2 amide bonds. The molecule has 2 heterocycles. The molecule has 3 rings (SSSR count). The highest BCUT2D eigenvalue weighted by Gasteiger charge is 2.39. The topological polar surface area (TPSA) is 84.0 Å². The molecular weight excluding hydrogens is 392 g/mol. The first-order chi connectivity index (χ1) is 12.7. The molecule has 148 valence electrons. The molecule has 2 fully saturated rings. The van der Waals surface area contributed by atoms with Crippen LogP contribution in [0.25, 0.3) is 0 Å². The van der Waals surface area contributed by atoms with Gasteiger partial charge in [-0.05, 0) is 37.5 Å². The van der Waals surface area contributed by atoms with Crippen LogP contribution in [0.5, 0.6) is 0 Å². The molecule has 0 bridgehead atoms. The highest BCUT2D eigenvalue weighted by molar-refractivity contribution is 7.90. The van der Waals surface area contributed by atoms with Gasteiger partial charge in [0.05, 0.1) is 21.5 Å². The number of cyclic esters (lactones) is 1. The summed E-state index contributed by atoms with van der Waals surface area (Å²) in [5.74, 6) is -0.227. The van der Waals surface area contributed by atoms with E-state index >= 15 is 0 Å². The van der Waals surface area contributed by atoms with Crippen LogP contribution in [0.2, 0.25) is 5.02 Å². The van der Waals surface area contributed by atoms with E-state index in [0.717, 1.165) is 12.7 Å². The Hall–Kier alpha value is -1.80. The molecule has 1 atom stereocenters. The molecule has 7 nitrogen and oxygen atoms in total. The zero-order valence-corrected chi connectivity index (χ0v) is 16.9. The smallest absolute Gasteiger partial charge is 0.410 e. The monoisotopic (exact) mass is 414 g/mol. The van der Waals surface area contributed by atoms with Gasteiger partial charge in [-0.2, -0.15) is 0 Å². The van der Waals surface area contributed by atoms with Gasteiger partial charge in [-0.25, -0.2) is 13.2 Å². The van der Waals surface area contributed by atoms with Crippen molar-refractivity contribution in [1.29, 1.82) is 0 Å². The van der Waals surface area contributed by atoms with Crippen LogP contribution in [-0.4, -0.2) is 68.3 Å². The number of ether oxygens (including phenoxy) is 1. The second-order valence-corrected chi connectivity index (χ2v) is 9.41. The minimum absolute atomic E-state index is 0.0667. The third-order valence-corrected chi connectivity index (χ3v) is 6.64. The number of hydrogen-bond acceptors (Lipinski definition) is 5. The predicted octanol–water partition coefficient (Wildman–Crippen LogP) is 2.58. The number of halogens is 1. The molecule has 0 N–H and O–H groups in total. The molecule has 9 heteroatoms. The fourth-order valence-electron chi connectivity index (χ4n) is 3.65. The number of benzene rings is 1. The Balaban J connectivity index is 1.68. The zero-order valence-electron chi connectivity index (χ0n) is 15.4. The summed E-state index contributed by atoms with van der Waals surface area (Å²) in [6, 6.07) is 4.33. The summed E-state index contributed by atoms with van der Waals surface area (Å²) in [5, 5.41) is 0.124. The lowest BCUT2D eigenvalue weighted by Gasteiger charge is -2.37. The number of sulfone groups is 1. The summed E-state index contributed by atoms with van der Waals surface area (Å²) in [6.45, 7) is 3.47. The van der Waals surface area contributed by atoms with Gasteiger partial charge < -0.3 is 9.64 Å². The molecule has 27 heavy (non-hydrogen) atoms. The molecule has 1 unspecified atom stereocenters. The van der Waals surface area contributed by atoms with Crippen molar-refractivity contribution < 1.29 is 22.7 Å². The van der Waals surface area contributed by atoms with Crippen LogP contribution in [0, 0.1) is 0 Å². The van der Waals surface area contributed by atoms with Crippen LogP contribution < -0.4 is 0 Å². The number of likely N-dealkylation sites (tertiary alicyclic amines) is 1. The molecule has 2 aliphatic rings. The Bertz CT molecular complexity index is 849. The van der Waals surface area contributed by atoms with Gasteiger partial charge in [0, 0.05) is 25.4 Å². The Morgan fingerprint density at radius 3 is 2.52 bits per heavy atom. The molecule has 1 aromatic carbocycles. The van der Waals surface area contributed by atoms with E-state index in [1.165, 1.54) is 18.2 Å². The van der Waals surface area contributed by atoms with E-state index in [1.54, 1.807) is 4.90 Å². The van der Waals surface area contributed by atoms with E-state index in [1.807, 2.05) is 11.8 Å². The van der Waals surface area contributed by atoms with Crippen molar-refractivity contribution in [2.45, 2.75) is 43.2 Å². The van der Waals surface area contributed by atoms with E-state index in [4.69, 9.17) is 16.3 Å². The van der Waals surface area contributed by atoms with Crippen molar-refractivity contribution in [3.8, 4) is 0 Å². The molecule has 2 aliphatic heterocycles. The lowest BCUT2D eigenvalue weighted by molar-refractivity contribution is 0.0635. The van der Waals surface area contributed by atoms with Crippen LogP contribution in [0.4, 0.5) is 4.79 Å². The quantitative estimate of drug-likeness (QED) is 0.756. The predicted molar refractivity (Wildman–Crippen MR) is 101 cm³/mol. The Morgan fingerprint density at radius 2 is 1.96 bits per heavy atom. The highest BCUT2D eigenvalue weighted by atomic mass is 35.5. The molecular formula is C18H23ClN2O5S. The van der Waals surface area contributed by atoms with Crippen molar-refractivity contribution in [2.75, 3.05) is 26.0 Å². The third-order valence-electron chi connectivity index (χ3n) is 5.22. The van der Waals surface area contributed by atoms with Crippen LogP contribution in [0.15, 0.2) is 23.1 Å². The fourth-order valence-corrected chi connectivity index (χ4v) is 4.62. The molecule has 0 aliphatic carbocycles. The summed E-state index contributed by atoms with van der Waals surface area (Å²) in [7, 11) is -3.38. The Labute approximate surface area is 164 Å². The number of carbonyl (C=O) groups excluding carboxylic acids is 2. The van der Waals surface area contributed by atoms with E-state index in [-0.39, 0.29) is 39.6 Å². The molecule has 0 spiro atoms. The number of nitrogens with zero attached hydrogens (tertiary/aromatic N) is 2. The van der Waals surface area contributed by atoms with E-state index in [2.05, 4.69) is 0 Å². The van der Waals surface area contributed by atoms with Crippen LogP contribution >= 0.6 is 11.6 Å². The SMILES string of the molecule is CCC1COC(=O)N1C1CCN(C(=O)c2ccc(S(C)(=O)=O)cc2Cl)CC1. The van der Waals surface area contributed by atoms with E-state index in [0.29, 0.717) is 32.5 Å². The van der Waals surface area contributed by atoms with Gasteiger partial charge in [-0.3, -0.25) is 9.69 Å². The molecule has 0 radical (unpaired) electrons. The maximum absolute atomic E-state index is 12.8. The molecule has 0 aromatic heterocycles. The largest absolute Gasteiger partial charge is 0.447 e. The summed E-state index contributed by atoms with van der Waals surface area (Å²) >= 11 is 6.16. The fraction of sp³-hybridized carbons (Fsp3) is 0.556. The Morgan fingerprint density at radius 1 is 1.30 bits per heavy atom. The van der Waals surface area contributed by atoms with Gasteiger partial charge in [0.15, 0.2) is 9.84 Å². The van der Waals surface area contributed by atoms with Crippen molar-refractivity contribution in [2.24, 2.45) is 0 Å². The van der Waals surface area contributed by atoms with E-state index in [9.17, 15) is 18.0 Å². The van der Waals surface area contributed by atoms with Crippen molar-refractivity contribution in [3.63, 3.8) is 0 Å². The van der Waals surface area contributed by atoms with Gasteiger partial charge in [0.25, 0.3) is 5.91 Å². The average molecular weight is 415 g/mol. The standard InChI is InChI=1S/C18H23ClN2O5S/c1-3-12-11-26-18(23)21(12)13-6-8-20(9-7-13)17(22)15-5-4-14(10-16(15)19)27(2,24)25/h4-5,10,12-13H,3,6-9,11H2,1-2H3. The minimum Gasteiger partial charge on any atom is -0.447 e. The molecule has 1 aromatic rings. The molecule has 0 saturated carbocycles. The van der Waals surface area contributed by atoms with Crippen molar-refractivity contribution >= 4 is 33.4 Å². The zero-order chi connectivity index (χ0) is 19.8. The van der Waals surface area contributed by atoms with Gasteiger partial charge in [0.2, 0.25) is 0 Å². The van der Waals surface area contributed by atoms with Crippen molar-refractivity contribution in [1.82, 2.24) is 9.80 Å². The lowest BCUT2D eigenvalue weighted by atomic mass is 10.0. The minimum atomic E-state index is -3.38. The number of hydrogen-bond donors (Lipinski definition) is 0. The normalized spacial score (nSPS) is 21.4. The molecule has 2 saturated heterocycles. The summed E-state index contributed by atoms with van der Waals surface area (Å²) in [5.41, 5.74) is 0.287. The van der Waals surface area contributed by atoms with E-state index < -0.39 is 9.84 Å². The number of amides is 2. The second kappa shape index (κ2) is 7.67. The second-order valence-electron chi connectivity index (χ2n) is 6.98. The Kier molecular flexibility index (Phi) is 5.67. The van der Waals surface area contributed by atoms with Crippen LogP contribution in [0.3, 0.4) is 0 Å². The van der Waals surface area contributed by atoms with Crippen LogP contribution in [-0.2, 0) is 14.6 Å². The van der Waals surface area contributed by atoms with Gasteiger partial charge in [-0.15, -0.1) is 0 Å². The number of piperidine rings is 1. The number of carbonyl (C=O) groups is 2. The van der Waals surface area contributed by atoms with Crippen molar-refractivity contribution in [3.05, 3.63) is 28.8 Å². The first-order valence-corrected chi connectivity index (χ1v) is 11.2. The average Bonchev–Trinajstić information content (AvgIpc) is 3.01. The van der Waals surface area contributed by atoms with Crippen LogP contribution in [0.1, 0.15) is 36.5 Å². The summed E-state index contributed by atoms with van der Waals surface area (Å²) < 4.78 is 28.4. The lowest BCUT2D eigenvalue weighted by Crippen LogP contribution is -2.49. The third kappa shape index (κ3) is 4.06. The number of rotatable bonds is 4.